The summed E-state index contributed by atoms with van der Waals surface area (Å²) in [6, 6.07) is -1.61. The van der Waals surface area contributed by atoms with Gasteiger partial charge in [-0.15, -0.1) is 237 Å². The molecule has 105 heavy (non-hydrogen) atoms. The zero-order valence-electron chi connectivity index (χ0n) is 58.9. The van der Waals surface area contributed by atoms with Crippen LogP contribution in [0.5, 0.6) is 0 Å². The molecule has 2 aliphatic rings. The molecule has 0 aromatic heterocycles. The molecule has 0 aromatic rings. The van der Waals surface area contributed by atoms with Crippen LogP contribution in [0.2, 0.25) is 0 Å². The Morgan fingerprint density at radius 1 is 0.495 bits per heavy atom. The molecule has 2 fully saturated rings. The summed E-state index contributed by atoms with van der Waals surface area (Å²) in [7, 11) is 84.0. The van der Waals surface area contributed by atoms with E-state index in [0.717, 1.165) is 19.4 Å². The van der Waals surface area contributed by atoms with E-state index in [1.807, 2.05) is 27.7 Å². The van der Waals surface area contributed by atoms with Crippen LogP contribution in [0.1, 0.15) is 102 Å². The minimum Gasteiger partial charge on any atom is -0.444 e. The third-order valence-corrected chi connectivity index (χ3v) is 335. The average molecular weight is 2400 g/mol. The minimum absolute atomic E-state index is 0. The lowest BCUT2D eigenvalue weighted by atomic mass is 10.0. The zero-order valence-corrected chi connectivity index (χ0v) is 110. The molecule has 2 saturated heterocycles. The summed E-state index contributed by atoms with van der Waals surface area (Å²) in [6.07, 6.45) is 0.783. The topological polar surface area (TPSA) is 242 Å². The van der Waals surface area contributed by atoms with Gasteiger partial charge in [-0.1, -0.05) is 43.1 Å². The molecule has 2 heterocycles. The molecular formula is C37H116Cl3N8O10P47. The van der Waals surface area contributed by atoms with Crippen LogP contribution in [0.25, 0.3) is 0 Å². The Bertz CT molecular complexity index is 2450. The van der Waals surface area contributed by atoms with Crippen molar-refractivity contribution in [2.45, 2.75) is 126 Å². The second-order valence-electron chi connectivity index (χ2n) is 23.5. The van der Waals surface area contributed by atoms with Crippen molar-refractivity contribution < 1.29 is 47.8 Å². The minimum atomic E-state index is -0.905. The van der Waals surface area contributed by atoms with Gasteiger partial charge in [0.2, 0.25) is 17.1 Å². The number of amides is 7. The summed E-state index contributed by atoms with van der Waals surface area (Å²) in [5, 5.41) is 11.1. The van der Waals surface area contributed by atoms with E-state index in [1.165, 1.54) is 0 Å². The van der Waals surface area contributed by atoms with Gasteiger partial charge < -0.3 is 30.7 Å². The smallest absolute Gasteiger partial charge is 0.408 e. The van der Waals surface area contributed by atoms with Gasteiger partial charge in [-0.25, -0.2) is 15.0 Å². The quantitative estimate of drug-likeness (QED) is 0.0133. The molecule has 28 unspecified atom stereocenters. The number of ether oxygens (including phenoxy) is 2. The zero-order chi connectivity index (χ0) is 81.5. The van der Waals surface area contributed by atoms with Gasteiger partial charge in [-0.05, 0) is 244 Å². The SMILES string of the molecule is C.CC(C)C[C@H](NC(=O)OC(C)(C)C)C(=O)NN(C[C@@H]1CCNC1=O)C(=O)CCl.CC(C)C[C@H](NC(=O)OC(C)(C)C)C(=O)NNC[C@@H]1CCNC1=O.O=C(Cl)CCl.PPP(P)P(P(P)P)P(P(P(P)P)P(P)P)P(P(P(P(P)P)P(P)P)P(P(P)P)P(P)P)P(P(P(P)P)P(P)P)P(P(P)P)P(P)P. The van der Waals surface area contributed by atoms with Gasteiger partial charge in [-0.3, -0.25) is 44.6 Å². The highest BCUT2D eigenvalue weighted by Crippen LogP contribution is 3.45. The van der Waals surface area contributed by atoms with Crippen molar-refractivity contribution in [3.8, 4) is 0 Å². The van der Waals surface area contributed by atoms with Crippen LogP contribution < -0.4 is 37.5 Å². The molecular weight excluding hydrogens is 2280 g/mol. The summed E-state index contributed by atoms with van der Waals surface area (Å²) < 4.78 is 10.4. The summed E-state index contributed by atoms with van der Waals surface area (Å²) in [4.78, 5) is 93.9. The Morgan fingerprint density at radius 2 is 0.781 bits per heavy atom. The number of carbonyl (C=O) groups is 8. The third-order valence-electron chi connectivity index (χ3n) is 11.5. The highest BCUT2D eigenvalue weighted by molar-refractivity contribution is 9.51. The summed E-state index contributed by atoms with van der Waals surface area (Å²) in [5.74, 6) is -2.33. The first-order valence-electron chi connectivity index (χ1n) is 29.4. The molecule has 0 saturated carbocycles. The van der Waals surface area contributed by atoms with Crippen LogP contribution >= 0.6 is 411 Å². The second kappa shape index (κ2) is 67.7. The Hall–Kier alpha value is 16.6. The second-order valence-corrected chi connectivity index (χ2v) is 215. The fraction of sp³-hybridized carbons (Fsp3) is 0.784. The van der Waals surface area contributed by atoms with Crippen molar-refractivity contribution in [1.29, 1.82) is 0 Å². The number of hydrogen-bond donors (Lipinski definition) is 7. The first kappa shape index (κ1) is 126. The Balaban J connectivity index is -0.00000152. The first-order chi connectivity index (χ1) is 47.7. The number of hydrogen-bond acceptors (Lipinski definition) is 11. The molecule has 2 aliphatic heterocycles. The fourth-order valence-electron chi connectivity index (χ4n) is 7.75. The summed E-state index contributed by atoms with van der Waals surface area (Å²) in [5.41, 5.74) is 6.51. The van der Waals surface area contributed by atoms with Crippen LogP contribution in [0.15, 0.2) is 0 Å². The maximum Gasteiger partial charge on any atom is 0.408 e. The lowest BCUT2D eigenvalue weighted by Crippen LogP contribution is -2.56. The van der Waals surface area contributed by atoms with E-state index < -0.39 is 58.4 Å². The highest BCUT2D eigenvalue weighted by atomic mass is 35.5. The number of halogens is 3. The number of alkyl halides is 2. The van der Waals surface area contributed by atoms with Crippen LogP contribution in [-0.4, -0.2) is 113 Å². The maximum atomic E-state index is 12.7. The molecule has 7 amide bonds. The molecule has 18 nitrogen and oxygen atoms in total. The van der Waals surface area contributed by atoms with E-state index >= 15 is 0 Å². The Labute approximate surface area is 727 Å². The number of carbonyl (C=O) groups excluding carboxylic acids is 8. The monoisotopic (exact) mass is 2390 g/mol. The average Bonchev–Trinajstić information content (AvgIpc) is 1.21. The largest absolute Gasteiger partial charge is 0.444 e. The standard InChI is InChI=1S/C18H31ClN4O5.C16H30N4O4.C2H2Cl2O.CH4.H49P47/c1-11(2)8-13(21-17(27)28-18(3,4)5)16(26)22-23(14(24)9-19)10-12-6-7-20-15(12)25;1-10(2)8-12(19-15(23)24-16(3,4)5)14(22)20-18-9-11-6-7-17-13(11)21;3-1-2(4)5;;1-25-37(24)43(36(22)23)46(42(34(18)19)35(20)21)47(44(38(26(2)3)27(4)5)39(28(6)7)29(8)9)45(40(30(10)11)31(12)13)41(32(14)15)33(16)17/h11-13H,6-10H2,1-5H3,(H,20,25)(H,21,27)(H,22,26);10-12,18H,6-9H2,1-5H3,(H,17,21)(H,19,23)(H,20,22);1H2;1H4;25H,1-24H2/t12-,13-;11-,12-;;;/m00.../s1. The molecule has 0 spiro atoms. The molecule has 0 aliphatic carbocycles. The number of nitrogens with zero attached hydrogens (tertiary/aromatic N) is 1. The molecule has 0 radical (unpaired) electrons. The van der Waals surface area contributed by atoms with Crippen molar-refractivity contribution >= 4 is 458 Å². The predicted octanol–water partition coefficient (Wildman–Crippen LogP) is 30.8. The van der Waals surface area contributed by atoms with Crippen molar-refractivity contribution in [2.24, 2.45) is 23.7 Å². The molecule has 0 aromatic carbocycles. The van der Waals surface area contributed by atoms with Crippen molar-refractivity contribution in [1.82, 2.24) is 42.6 Å². The summed E-state index contributed by atoms with van der Waals surface area (Å²) >= 11 is 15.2. The Morgan fingerprint density at radius 3 is 1.03 bits per heavy atom. The molecule has 0 bridgehead atoms. The van der Waals surface area contributed by atoms with Crippen LogP contribution in [-0.2, 0) is 38.2 Å². The van der Waals surface area contributed by atoms with Crippen molar-refractivity contribution in [2.75, 3.05) is 37.9 Å². The van der Waals surface area contributed by atoms with Crippen molar-refractivity contribution in [3.63, 3.8) is 0 Å². The number of alkyl carbamates (subject to hydrolysis) is 2. The summed E-state index contributed by atoms with van der Waals surface area (Å²) in [6.45, 7) is 16.8. The van der Waals surface area contributed by atoms with E-state index in [9.17, 15) is 38.4 Å². The number of rotatable bonds is 37. The van der Waals surface area contributed by atoms with Gasteiger partial charge in [0.15, 0.2) is 0 Å². The van der Waals surface area contributed by atoms with Crippen LogP contribution in [0, 0.1) is 23.7 Å². The molecule has 7 N–H and O–H groups in total. The van der Waals surface area contributed by atoms with Gasteiger partial charge in [0.25, 0.3) is 17.7 Å². The molecule has 2 rings (SSSR count). The van der Waals surface area contributed by atoms with Crippen LogP contribution in [0.3, 0.4) is 0 Å². The van der Waals surface area contributed by atoms with Gasteiger partial charge in [0.1, 0.15) is 29.2 Å². The fourth-order valence-corrected chi connectivity index (χ4v) is 666. The van der Waals surface area contributed by atoms with Crippen LogP contribution in [0.4, 0.5) is 9.59 Å². The van der Waals surface area contributed by atoms with E-state index in [4.69, 9.17) is 44.3 Å². The van der Waals surface area contributed by atoms with E-state index in [2.05, 4.69) is 252 Å². The molecule has 32 atom stereocenters. The maximum absolute atomic E-state index is 12.7. The lowest BCUT2D eigenvalue weighted by Gasteiger charge is -2.58. The van der Waals surface area contributed by atoms with E-state index in [-0.39, 0.29) is 215 Å². The van der Waals surface area contributed by atoms with Gasteiger partial charge in [-0.2, -0.15) is 0 Å². The van der Waals surface area contributed by atoms with Gasteiger partial charge in [0, 0.05) is 19.6 Å². The highest BCUT2D eigenvalue weighted by Gasteiger charge is 2.58. The first-order valence-corrected chi connectivity index (χ1v) is 116. The third kappa shape index (κ3) is 53.2. The van der Waals surface area contributed by atoms with Gasteiger partial charge in [0.05, 0.1) is 24.3 Å². The number of hydrazine groups is 2. The molecule has 620 valence electrons. The predicted molar refractivity (Wildman–Crippen MR) is 616 cm³/mol. The molecule has 68 heteroatoms. The number of nitrogens with one attached hydrogen (secondary N) is 7. The van der Waals surface area contributed by atoms with Crippen molar-refractivity contribution in [3.05, 3.63) is 0 Å². The Kier molecular flexibility index (Phi) is 81.1. The normalized spacial score (nSPS) is 16.7. The lowest BCUT2D eigenvalue weighted by molar-refractivity contribution is -0.142. The van der Waals surface area contributed by atoms with E-state index in [0.29, 0.717) is 38.9 Å². The van der Waals surface area contributed by atoms with E-state index in [1.54, 1.807) is 41.5 Å². The van der Waals surface area contributed by atoms with Gasteiger partial charge >= 0.3 is 12.2 Å².